The van der Waals surface area contributed by atoms with Crippen LogP contribution < -0.4 is 0 Å². The van der Waals surface area contributed by atoms with Gasteiger partial charge in [0.05, 0.1) is 4.92 Å². The van der Waals surface area contributed by atoms with Crippen molar-refractivity contribution in [2.24, 2.45) is 0 Å². The maximum Gasteiger partial charge on any atom is 0.275 e. The summed E-state index contributed by atoms with van der Waals surface area (Å²) in [5.74, 6) is 0. The van der Waals surface area contributed by atoms with Gasteiger partial charge in [-0.25, -0.2) is 0 Å². The SMILES string of the molecule is Cc1cc2c(c(C)c1[N+](=O)[O-])c1c(n2C(C)C)CCCC1. The topological polar surface area (TPSA) is 48.1 Å². The van der Waals surface area contributed by atoms with Crippen LogP contribution >= 0.6 is 0 Å². The molecule has 2 aromatic rings. The summed E-state index contributed by atoms with van der Waals surface area (Å²) in [6.07, 6.45) is 4.54. The number of benzene rings is 1. The van der Waals surface area contributed by atoms with Gasteiger partial charge in [0.25, 0.3) is 5.69 Å². The zero-order valence-corrected chi connectivity index (χ0v) is 13.2. The largest absolute Gasteiger partial charge is 0.342 e. The van der Waals surface area contributed by atoms with Gasteiger partial charge in [-0.3, -0.25) is 10.1 Å². The third-order valence-electron chi connectivity index (χ3n) is 4.70. The summed E-state index contributed by atoms with van der Waals surface area (Å²) in [4.78, 5) is 11.2. The number of nitro benzene ring substituents is 1. The molecule has 21 heavy (non-hydrogen) atoms. The van der Waals surface area contributed by atoms with Gasteiger partial charge in [0, 0.05) is 33.8 Å². The van der Waals surface area contributed by atoms with E-state index in [-0.39, 0.29) is 10.6 Å². The Bertz CT molecular complexity index is 741. The van der Waals surface area contributed by atoms with Crippen LogP contribution in [0.2, 0.25) is 0 Å². The summed E-state index contributed by atoms with van der Waals surface area (Å²) in [6, 6.07) is 2.40. The number of fused-ring (bicyclic) bond motifs is 3. The van der Waals surface area contributed by atoms with Crippen LogP contribution in [0.1, 0.15) is 55.1 Å². The molecule has 0 N–H and O–H groups in total. The molecular formula is C17H22N2O2. The summed E-state index contributed by atoms with van der Waals surface area (Å²) < 4.78 is 2.40. The number of aryl methyl sites for hydroxylation is 3. The van der Waals surface area contributed by atoms with E-state index in [1.165, 1.54) is 29.6 Å². The molecule has 1 aliphatic rings. The molecule has 0 bridgehead atoms. The minimum atomic E-state index is -0.230. The van der Waals surface area contributed by atoms with E-state index in [9.17, 15) is 10.1 Å². The number of hydrogen-bond acceptors (Lipinski definition) is 2. The molecule has 1 aliphatic carbocycles. The van der Waals surface area contributed by atoms with Crippen LogP contribution in [0, 0.1) is 24.0 Å². The third-order valence-corrected chi connectivity index (χ3v) is 4.70. The number of nitrogens with zero attached hydrogens (tertiary/aromatic N) is 2. The second kappa shape index (κ2) is 4.86. The average Bonchev–Trinajstić information content (AvgIpc) is 2.71. The van der Waals surface area contributed by atoms with Crippen molar-refractivity contribution in [3.8, 4) is 0 Å². The van der Waals surface area contributed by atoms with Crippen LogP contribution in [-0.2, 0) is 12.8 Å². The van der Waals surface area contributed by atoms with Crippen LogP contribution in [0.5, 0.6) is 0 Å². The summed E-state index contributed by atoms with van der Waals surface area (Å²) in [7, 11) is 0. The fourth-order valence-corrected chi connectivity index (χ4v) is 3.96. The van der Waals surface area contributed by atoms with E-state index >= 15 is 0 Å². The van der Waals surface area contributed by atoms with Gasteiger partial charge in [0.15, 0.2) is 0 Å². The summed E-state index contributed by atoms with van der Waals surface area (Å²) in [5, 5.41) is 12.5. The van der Waals surface area contributed by atoms with Crippen LogP contribution in [0.25, 0.3) is 10.9 Å². The van der Waals surface area contributed by atoms with E-state index in [0.717, 1.165) is 29.4 Å². The van der Waals surface area contributed by atoms with Crippen molar-refractivity contribution < 1.29 is 4.92 Å². The smallest absolute Gasteiger partial charge is 0.275 e. The Labute approximate surface area is 124 Å². The van der Waals surface area contributed by atoms with Crippen molar-refractivity contribution in [1.29, 1.82) is 0 Å². The second-order valence-corrected chi connectivity index (χ2v) is 6.41. The van der Waals surface area contributed by atoms with Gasteiger partial charge in [0.1, 0.15) is 0 Å². The minimum Gasteiger partial charge on any atom is -0.342 e. The molecule has 1 aromatic carbocycles. The first-order chi connectivity index (χ1) is 9.93. The molecule has 4 heteroatoms. The van der Waals surface area contributed by atoms with Gasteiger partial charge in [0.2, 0.25) is 0 Å². The summed E-state index contributed by atoms with van der Waals surface area (Å²) in [5.41, 5.74) is 5.82. The van der Waals surface area contributed by atoms with Gasteiger partial charge in [-0.2, -0.15) is 0 Å². The fourth-order valence-electron chi connectivity index (χ4n) is 3.96. The first-order valence-electron chi connectivity index (χ1n) is 7.73. The van der Waals surface area contributed by atoms with E-state index in [1.807, 2.05) is 19.9 Å². The molecule has 1 aromatic heterocycles. The fraction of sp³-hybridized carbons (Fsp3) is 0.529. The highest BCUT2D eigenvalue weighted by Gasteiger charge is 2.27. The lowest BCUT2D eigenvalue weighted by Gasteiger charge is -2.18. The van der Waals surface area contributed by atoms with Crippen LogP contribution in [-0.4, -0.2) is 9.49 Å². The van der Waals surface area contributed by atoms with E-state index in [4.69, 9.17) is 0 Å². The Balaban J connectivity index is 2.47. The summed E-state index contributed by atoms with van der Waals surface area (Å²) in [6.45, 7) is 8.15. The standard InChI is InChI=1S/C17H22N2O2/c1-10(2)18-14-8-6-5-7-13(14)16-12(4)17(19(20)21)11(3)9-15(16)18/h9-10H,5-8H2,1-4H3. The van der Waals surface area contributed by atoms with Crippen molar-refractivity contribution in [2.75, 3.05) is 0 Å². The molecule has 0 saturated carbocycles. The molecule has 0 saturated heterocycles. The first-order valence-corrected chi connectivity index (χ1v) is 7.73. The third kappa shape index (κ3) is 1.96. The lowest BCUT2D eigenvalue weighted by molar-refractivity contribution is -0.385. The van der Waals surface area contributed by atoms with E-state index < -0.39 is 0 Å². The minimum absolute atomic E-state index is 0.230. The van der Waals surface area contributed by atoms with Gasteiger partial charge >= 0.3 is 0 Å². The van der Waals surface area contributed by atoms with E-state index in [1.54, 1.807) is 0 Å². The first kappa shape index (κ1) is 14.1. The predicted octanol–water partition coefficient (Wildman–Crippen LogP) is 4.63. The Kier molecular flexibility index (Phi) is 3.27. The highest BCUT2D eigenvalue weighted by molar-refractivity contribution is 5.92. The molecule has 0 amide bonds. The molecule has 4 nitrogen and oxygen atoms in total. The van der Waals surface area contributed by atoms with Crippen LogP contribution in [0.4, 0.5) is 5.69 Å². The van der Waals surface area contributed by atoms with Gasteiger partial charge in [-0.05, 0) is 65.0 Å². The zero-order valence-electron chi connectivity index (χ0n) is 13.2. The maximum absolute atomic E-state index is 11.4. The maximum atomic E-state index is 11.4. The van der Waals surface area contributed by atoms with Crippen molar-refractivity contribution in [1.82, 2.24) is 4.57 Å². The Morgan fingerprint density at radius 3 is 2.52 bits per heavy atom. The van der Waals surface area contributed by atoms with E-state index in [2.05, 4.69) is 18.4 Å². The molecule has 0 fully saturated rings. The highest BCUT2D eigenvalue weighted by Crippen LogP contribution is 2.40. The summed E-state index contributed by atoms with van der Waals surface area (Å²) >= 11 is 0. The Morgan fingerprint density at radius 1 is 1.24 bits per heavy atom. The lowest BCUT2D eigenvalue weighted by Crippen LogP contribution is -2.10. The molecule has 0 atom stereocenters. The predicted molar refractivity (Wildman–Crippen MR) is 85.1 cm³/mol. The number of nitro groups is 1. The van der Waals surface area contributed by atoms with Crippen LogP contribution in [0.3, 0.4) is 0 Å². The molecule has 3 rings (SSSR count). The normalized spacial score (nSPS) is 14.7. The van der Waals surface area contributed by atoms with Crippen LogP contribution in [0.15, 0.2) is 6.07 Å². The Hall–Kier alpha value is -1.84. The lowest BCUT2D eigenvalue weighted by atomic mass is 9.93. The molecule has 0 spiro atoms. The van der Waals surface area contributed by atoms with Crippen molar-refractivity contribution in [3.63, 3.8) is 0 Å². The highest BCUT2D eigenvalue weighted by atomic mass is 16.6. The van der Waals surface area contributed by atoms with Gasteiger partial charge < -0.3 is 4.57 Å². The molecule has 112 valence electrons. The number of aromatic nitrogens is 1. The average molecular weight is 286 g/mol. The number of rotatable bonds is 2. The quantitative estimate of drug-likeness (QED) is 0.597. The van der Waals surface area contributed by atoms with Crippen molar-refractivity contribution in [3.05, 3.63) is 38.6 Å². The molecule has 1 heterocycles. The van der Waals surface area contributed by atoms with Crippen molar-refractivity contribution in [2.45, 2.75) is 59.4 Å². The molecule has 0 radical (unpaired) electrons. The molecular weight excluding hydrogens is 264 g/mol. The molecule has 0 unspecified atom stereocenters. The Morgan fingerprint density at radius 2 is 1.90 bits per heavy atom. The van der Waals surface area contributed by atoms with Gasteiger partial charge in [-0.15, -0.1) is 0 Å². The monoisotopic (exact) mass is 286 g/mol. The van der Waals surface area contributed by atoms with E-state index in [0.29, 0.717) is 6.04 Å². The van der Waals surface area contributed by atoms with Gasteiger partial charge in [-0.1, -0.05) is 0 Å². The second-order valence-electron chi connectivity index (χ2n) is 6.41. The number of hydrogen-bond donors (Lipinski definition) is 0. The molecule has 0 aliphatic heterocycles. The van der Waals surface area contributed by atoms with Crippen molar-refractivity contribution >= 4 is 16.6 Å². The zero-order chi connectivity index (χ0) is 15.3.